The average Bonchev–Trinajstić information content (AvgIpc) is 3.35. The number of aryl methyl sites for hydroxylation is 1. The molecule has 2 aliphatic rings. The zero-order valence-electron chi connectivity index (χ0n) is 14.6. The molecule has 1 aromatic heterocycles. The van der Waals surface area contributed by atoms with Crippen LogP contribution in [0.5, 0.6) is 0 Å². The van der Waals surface area contributed by atoms with Crippen LogP contribution >= 0.6 is 0 Å². The Hall–Kier alpha value is -3.23. The van der Waals surface area contributed by atoms with E-state index in [4.69, 9.17) is 4.84 Å². The number of nitrogens with one attached hydrogen (secondary N) is 1. The van der Waals surface area contributed by atoms with Crippen LogP contribution in [0, 0.1) is 11.7 Å². The number of oxime groups is 1. The van der Waals surface area contributed by atoms with E-state index in [-0.39, 0.29) is 41.9 Å². The summed E-state index contributed by atoms with van der Waals surface area (Å²) in [6, 6.07) is 7.54. The molecule has 0 bridgehead atoms. The summed E-state index contributed by atoms with van der Waals surface area (Å²) in [5.41, 5.74) is 1.41. The molecule has 0 saturated carbocycles. The van der Waals surface area contributed by atoms with Gasteiger partial charge in [0.1, 0.15) is 11.5 Å². The average molecular weight is 371 g/mol. The second-order valence-electron chi connectivity index (χ2n) is 6.62. The predicted octanol–water partition coefficient (Wildman–Crippen LogP) is 0.702. The van der Waals surface area contributed by atoms with Gasteiger partial charge in [-0.25, -0.2) is 4.39 Å². The Morgan fingerprint density at radius 1 is 1.26 bits per heavy atom. The molecule has 3 heterocycles. The highest BCUT2D eigenvalue weighted by Gasteiger charge is 2.46. The van der Waals surface area contributed by atoms with Crippen LogP contribution < -0.4 is 5.32 Å². The number of hydrogen-bond acceptors (Lipinski definition) is 5. The van der Waals surface area contributed by atoms with Crippen molar-refractivity contribution in [2.45, 2.75) is 12.6 Å². The highest BCUT2D eigenvalue weighted by molar-refractivity contribution is 6.40. The minimum Gasteiger partial charge on any atom is -0.389 e. The normalized spacial score (nSPS) is 20.8. The largest absolute Gasteiger partial charge is 0.389 e. The van der Waals surface area contributed by atoms with Crippen LogP contribution in [-0.2, 0) is 23.2 Å². The quantitative estimate of drug-likeness (QED) is 0.857. The van der Waals surface area contributed by atoms with E-state index in [9.17, 15) is 14.0 Å². The van der Waals surface area contributed by atoms with Crippen molar-refractivity contribution in [1.29, 1.82) is 0 Å². The van der Waals surface area contributed by atoms with Crippen molar-refractivity contribution in [2.24, 2.45) is 18.1 Å². The first-order valence-electron chi connectivity index (χ1n) is 8.56. The van der Waals surface area contributed by atoms with Gasteiger partial charge >= 0.3 is 0 Å². The monoisotopic (exact) mass is 371 g/mol. The first-order valence-corrected chi connectivity index (χ1v) is 8.56. The highest BCUT2D eigenvalue weighted by atomic mass is 19.1. The Balaban J connectivity index is 1.37. The van der Waals surface area contributed by atoms with Crippen molar-refractivity contribution in [2.75, 3.05) is 13.1 Å². The van der Waals surface area contributed by atoms with Crippen LogP contribution in [-0.4, -0.2) is 51.4 Å². The highest BCUT2D eigenvalue weighted by Crippen LogP contribution is 2.28. The second-order valence-corrected chi connectivity index (χ2v) is 6.62. The van der Waals surface area contributed by atoms with E-state index in [1.807, 2.05) is 0 Å². The fourth-order valence-corrected chi connectivity index (χ4v) is 3.28. The molecule has 1 aromatic carbocycles. The number of likely N-dealkylation sites (tertiary alicyclic amines) is 1. The zero-order valence-corrected chi connectivity index (χ0v) is 14.6. The molecule has 9 heteroatoms. The lowest BCUT2D eigenvalue weighted by Gasteiger charge is -2.15. The molecular weight excluding hydrogens is 353 g/mol. The summed E-state index contributed by atoms with van der Waals surface area (Å²) in [7, 11) is 1.74. The van der Waals surface area contributed by atoms with Gasteiger partial charge < -0.3 is 15.1 Å². The molecule has 2 aliphatic heterocycles. The van der Waals surface area contributed by atoms with E-state index >= 15 is 0 Å². The zero-order chi connectivity index (χ0) is 19.0. The summed E-state index contributed by atoms with van der Waals surface area (Å²) in [6.07, 6.45) is 1.38. The van der Waals surface area contributed by atoms with E-state index in [0.29, 0.717) is 18.8 Å². The fourth-order valence-electron chi connectivity index (χ4n) is 3.28. The molecule has 0 aliphatic carbocycles. The number of halogens is 1. The van der Waals surface area contributed by atoms with Crippen LogP contribution in [0.4, 0.5) is 4.39 Å². The predicted molar refractivity (Wildman–Crippen MR) is 93.2 cm³/mol. The molecule has 0 spiro atoms. The smallest absolute Gasteiger partial charge is 0.274 e. The molecule has 2 amide bonds. The van der Waals surface area contributed by atoms with Crippen LogP contribution in [0.15, 0.2) is 41.7 Å². The Bertz CT molecular complexity index is 908. The van der Waals surface area contributed by atoms with Crippen LogP contribution in [0.2, 0.25) is 0 Å². The molecular formula is C18H18FN5O3. The number of amides is 2. The maximum absolute atomic E-state index is 12.9. The third-order valence-corrected chi connectivity index (χ3v) is 4.72. The van der Waals surface area contributed by atoms with Crippen LogP contribution in [0.25, 0.3) is 0 Å². The van der Waals surface area contributed by atoms with Crippen molar-refractivity contribution in [3.8, 4) is 0 Å². The third kappa shape index (κ3) is 3.40. The van der Waals surface area contributed by atoms with Gasteiger partial charge in [0.15, 0.2) is 11.8 Å². The summed E-state index contributed by atoms with van der Waals surface area (Å²) in [4.78, 5) is 32.0. The Morgan fingerprint density at radius 3 is 2.74 bits per heavy atom. The third-order valence-electron chi connectivity index (χ3n) is 4.72. The molecule has 140 valence electrons. The lowest BCUT2D eigenvalue weighted by atomic mass is 10.0. The summed E-state index contributed by atoms with van der Waals surface area (Å²) >= 11 is 0. The number of carbonyl (C=O) groups excluding carboxylic acids is 2. The molecule has 2 atom stereocenters. The molecule has 0 radical (unpaired) electrons. The maximum Gasteiger partial charge on any atom is 0.274 e. The summed E-state index contributed by atoms with van der Waals surface area (Å²) in [5.74, 6) is -1.14. The van der Waals surface area contributed by atoms with Crippen molar-refractivity contribution in [3.05, 3.63) is 53.6 Å². The van der Waals surface area contributed by atoms with E-state index in [1.165, 1.54) is 12.1 Å². The molecule has 27 heavy (non-hydrogen) atoms. The molecule has 8 nitrogen and oxygen atoms in total. The lowest BCUT2D eigenvalue weighted by Crippen LogP contribution is -2.37. The van der Waals surface area contributed by atoms with Gasteiger partial charge in [-0.15, -0.1) is 0 Å². The topological polar surface area (TPSA) is 88.8 Å². The van der Waals surface area contributed by atoms with E-state index in [0.717, 1.165) is 5.56 Å². The number of nitrogens with zero attached hydrogens (tertiary/aromatic N) is 4. The van der Waals surface area contributed by atoms with E-state index < -0.39 is 0 Å². The number of rotatable bonds is 4. The van der Waals surface area contributed by atoms with Gasteiger partial charge in [0.05, 0.1) is 12.5 Å². The first-order chi connectivity index (χ1) is 13.0. The Kier molecular flexibility index (Phi) is 4.35. The number of hydrogen-bond donors (Lipinski definition) is 1. The van der Waals surface area contributed by atoms with Gasteiger partial charge in [-0.2, -0.15) is 5.10 Å². The summed E-state index contributed by atoms with van der Waals surface area (Å²) < 4.78 is 14.5. The molecule has 1 N–H and O–H groups in total. The number of fused-ring (bicyclic) bond motifs is 1. The van der Waals surface area contributed by atoms with Gasteiger partial charge in [0, 0.05) is 26.3 Å². The molecule has 1 saturated heterocycles. The standard InChI is InChI=1S/C18H18FN5O3/c1-23-7-6-14(21-23)18(26)24-9-13-15(10-24)27-22-16(13)17(25)20-8-11-2-4-12(19)5-3-11/h2-7,13,15H,8-10H2,1H3,(H,20,25). The van der Waals surface area contributed by atoms with E-state index in [1.54, 1.807) is 41.0 Å². The fraction of sp³-hybridized carbons (Fsp3) is 0.333. The number of carbonyl (C=O) groups is 2. The molecule has 2 aromatic rings. The number of benzene rings is 1. The van der Waals surface area contributed by atoms with Gasteiger partial charge in [-0.1, -0.05) is 17.3 Å². The lowest BCUT2D eigenvalue weighted by molar-refractivity contribution is -0.115. The van der Waals surface area contributed by atoms with Crippen molar-refractivity contribution in [1.82, 2.24) is 20.0 Å². The molecule has 4 rings (SSSR count). The summed E-state index contributed by atoms with van der Waals surface area (Å²) in [6.45, 7) is 0.966. The maximum atomic E-state index is 12.9. The Labute approximate surface area is 154 Å². The Morgan fingerprint density at radius 2 is 2.04 bits per heavy atom. The molecule has 2 unspecified atom stereocenters. The van der Waals surface area contributed by atoms with Crippen molar-refractivity contribution in [3.63, 3.8) is 0 Å². The minimum atomic E-state index is -0.348. The van der Waals surface area contributed by atoms with Crippen molar-refractivity contribution < 1.29 is 18.8 Å². The summed E-state index contributed by atoms with van der Waals surface area (Å²) in [5, 5.41) is 10.8. The van der Waals surface area contributed by atoms with Gasteiger partial charge in [0.25, 0.3) is 11.8 Å². The van der Waals surface area contributed by atoms with E-state index in [2.05, 4.69) is 15.6 Å². The molecule has 1 fully saturated rings. The van der Waals surface area contributed by atoms with Crippen molar-refractivity contribution >= 4 is 17.5 Å². The number of aromatic nitrogens is 2. The van der Waals surface area contributed by atoms with Gasteiger partial charge in [0.2, 0.25) is 0 Å². The minimum absolute atomic E-state index is 0.195. The van der Waals surface area contributed by atoms with Gasteiger partial charge in [-0.05, 0) is 23.8 Å². The SMILES string of the molecule is Cn1ccc(C(=O)N2CC3ON=C(C(=O)NCc4ccc(F)cc4)C3C2)n1. The van der Waals surface area contributed by atoms with Crippen LogP contribution in [0.1, 0.15) is 16.1 Å². The van der Waals surface area contributed by atoms with Gasteiger partial charge in [-0.3, -0.25) is 14.3 Å². The second kappa shape index (κ2) is 6.82. The van der Waals surface area contributed by atoms with Crippen LogP contribution in [0.3, 0.4) is 0 Å². The first kappa shape index (κ1) is 17.2.